The van der Waals surface area contributed by atoms with Crippen molar-refractivity contribution in [1.82, 2.24) is 0 Å². The first-order valence-electron chi connectivity index (χ1n) is 9.16. The molecule has 1 heterocycles. The maximum absolute atomic E-state index is 12.1. The van der Waals surface area contributed by atoms with E-state index in [9.17, 15) is 4.79 Å². The van der Waals surface area contributed by atoms with E-state index in [4.69, 9.17) is 21.1 Å². The van der Waals surface area contributed by atoms with Crippen LogP contribution in [0.5, 0.6) is 5.75 Å². The maximum Gasteiger partial charge on any atom is 0.309 e. The second-order valence-corrected chi connectivity index (χ2v) is 7.91. The van der Waals surface area contributed by atoms with E-state index < -0.39 is 0 Å². The molecule has 4 heteroatoms. The summed E-state index contributed by atoms with van der Waals surface area (Å²) < 4.78 is 11.9. The number of hydrogen-bond acceptors (Lipinski definition) is 3. The number of carbonyl (C=O) groups excluding carboxylic acids is 1. The van der Waals surface area contributed by atoms with Gasteiger partial charge >= 0.3 is 5.97 Å². The first-order chi connectivity index (χ1) is 12.5. The Labute approximate surface area is 159 Å². The molecule has 4 rings (SSSR count). The maximum atomic E-state index is 12.1. The molecule has 0 saturated carbocycles. The van der Waals surface area contributed by atoms with Gasteiger partial charge in [0.05, 0.1) is 5.92 Å². The second kappa shape index (κ2) is 6.62. The molecule has 2 aromatic carbocycles. The minimum atomic E-state index is -0.130. The molecule has 2 unspecified atom stereocenters. The van der Waals surface area contributed by atoms with Gasteiger partial charge in [-0.3, -0.25) is 4.79 Å². The van der Waals surface area contributed by atoms with E-state index in [2.05, 4.69) is 19.9 Å². The molecule has 3 nitrogen and oxygen atoms in total. The highest BCUT2D eigenvalue weighted by Gasteiger charge is 2.46. The van der Waals surface area contributed by atoms with Crippen LogP contribution in [0.3, 0.4) is 0 Å². The summed E-state index contributed by atoms with van der Waals surface area (Å²) in [6.45, 7) is 6.64. The molecule has 1 fully saturated rings. The number of ether oxygens (including phenoxy) is 2. The molecule has 0 aromatic heterocycles. The van der Waals surface area contributed by atoms with E-state index in [0.29, 0.717) is 11.6 Å². The zero-order chi connectivity index (χ0) is 18.4. The number of benzene rings is 2. The van der Waals surface area contributed by atoms with E-state index in [1.54, 1.807) is 0 Å². The number of esters is 1. The summed E-state index contributed by atoms with van der Waals surface area (Å²) in [5.74, 6) is 1.04. The number of halogens is 1. The van der Waals surface area contributed by atoms with Crippen LogP contribution in [0.15, 0.2) is 30.3 Å². The Balaban J connectivity index is 1.67. The topological polar surface area (TPSA) is 35.5 Å². The minimum absolute atomic E-state index is 0.0242. The van der Waals surface area contributed by atoms with Gasteiger partial charge in [0.25, 0.3) is 0 Å². The third kappa shape index (κ3) is 2.88. The highest BCUT2D eigenvalue weighted by atomic mass is 35.5. The fraction of sp³-hybridized carbons (Fsp3) is 0.409. The lowest BCUT2D eigenvalue weighted by Gasteiger charge is -2.31. The van der Waals surface area contributed by atoms with E-state index in [1.165, 1.54) is 16.7 Å². The van der Waals surface area contributed by atoms with Gasteiger partial charge in [-0.15, -0.1) is 0 Å². The first kappa shape index (κ1) is 17.4. The van der Waals surface area contributed by atoms with Crippen molar-refractivity contribution in [2.45, 2.75) is 46.3 Å². The van der Waals surface area contributed by atoms with Crippen LogP contribution >= 0.6 is 11.6 Å². The van der Waals surface area contributed by atoms with E-state index in [0.717, 1.165) is 29.7 Å². The minimum Gasteiger partial charge on any atom is -0.489 e. The molecule has 0 amide bonds. The Morgan fingerprint density at radius 3 is 2.85 bits per heavy atom. The SMILES string of the molecule is Cc1cc(OCc2cccc(Cl)c2)c(C)c2c1CC[C@H]1C(C)C(=O)OC21. The van der Waals surface area contributed by atoms with E-state index >= 15 is 0 Å². The summed E-state index contributed by atoms with van der Waals surface area (Å²) in [6.07, 6.45) is 1.88. The number of aryl methyl sites for hydroxylation is 1. The van der Waals surface area contributed by atoms with Crippen molar-refractivity contribution in [3.63, 3.8) is 0 Å². The molecule has 26 heavy (non-hydrogen) atoms. The van der Waals surface area contributed by atoms with Gasteiger partial charge in [0.1, 0.15) is 18.5 Å². The molecule has 0 spiro atoms. The third-order valence-corrected chi connectivity index (χ3v) is 6.10. The van der Waals surface area contributed by atoms with Crippen LogP contribution in [0, 0.1) is 25.7 Å². The predicted molar refractivity (Wildman–Crippen MR) is 102 cm³/mol. The number of hydrogen-bond donors (Lipinski definition) is 0. The zero-order valence-electron chi connectivity index (χ0n) is 15.3. The highest BCUT2D eigenvalue weighted by Crippen LogP contribution is 2.49. The van der Waals surface area contributed by atoms with Gasteiger partial charge in [0.15, 0.2) is 0 Å². The van der Waals surface area contributed by atoms with Crippen LogP contribution < -0.4 is 4.74 Å². The quantitative estimate of drug-likeness (QED) is 0.685. The van der Waals surface area contributed by atoms with E-state index in [-0.39, 0.29) is 23.9 Å². The van der Waals surface area contributed by atoms with Crippen LogP contribution in [0.2, 0.25) is 5.02 Å². The van der Waals surface area contributed by atoms with Gasteiger partial charge in [-0.25, -0.2) is 0 Å². The molecular weight excluding hydrogens is 348 g/mol. The van der Waals surface area contributed by atoms with Crippen molar-refractivity contribution in [3.8, 4) is 5.75 Å². The molecule has 2 aliphatic rings. The fourth-order valence-electron chi connectivity index (χ4n) is 4.36. The van der Waals surface area contributed by atoms with Gasteiger partial charge < -0.3 is 9.47 Å². The summed E-state index contributed by atoms with van der Waals surface area (Å²) in [5, 5.41) is 0.708. The van der Waals surface area contributed by atoms with Crippen molar-refractivity contribution in [2.24, 2.45) is 11.8 Å². The van der Waals surface area contributed by atoms with Crippen LogP contribution in [-0.4, -0.2) is 5.97 Å². The zero-order valence-corrected chi connectivity index (χ0v) is 16.1. The Kier molecular flexibility index (Phi) is 4.44. The lowest BCUT2D eigenvalue weighted by atomic mass is 9.74. The van der Waals surface area contributed by atoms with Crippen molar-refractivity contribution in [3.05, 3.63) is 63.2 Å². The van der Waals surface area contributed by atoms with Gasteiger partial charge in [-0.1, -0.05) is 30.7 Å². The molecule has 136 valence electrons. The normalized spacial score (nSPS) is 24.0. The standard InChI is InChI=1S/C22H23ClO3/c1-12-9-19(25-11-15-5-4-6-16(23)10-15)14(3)20-17(12)7-8-18-13(2)22(24)26-21(18)20/h4-6,9-10,13,18,21H,7-8,11H2,1-3H3/t13?,18-,21?/m0/s1. The first-order valence-corrected chi connectivity index (χ1v) is 9.54. The third-order valence-electron chi connectivity index (χ3n) is 5.86. The molecule has 1 aliphatic heterocycles. The molecular formula is C22H23ClO3. The van der Waals surface area contributed by atoms with Gasteiger partial charge in [0.2, 0.25) is 0 Å². The number of rotatable bonds is 3. The van der Waals surface area contributed by atoms with Crippen LogP contribution in [0.1, 0.15) is 47.3 Å². The molecule has 1 aliphatic carbocycles. The Hall–Kier alpha value is -2.00. The molecule has 3 atom stereocenters. The summed E-state index contributed by atoms with van der Waals surface area (Å²) in [6, 6.07) is 9.81. The van der Waals surface area contributed by atoms with Crippen molar-refractivity contribution >= 4 is 17.6 Å². The van der Waals surface area contributed by atoms with Gasteiger partial charge in [-0.05, 0) is 67.1 Å². The summed E-state index contributed by atoms with van der Waals surface area (Å²) in [4.78, 5) is 12.1. The van der Waals surface area contributed by atoms with Crippen molar-refractivity contribution in [1.29, 1.82) is 0 Å². The second-order valence-electron chi connectivity index (χ2n) is 7.48. The average molecular weight is 371 g/mol. The van der Waals surface area contributed by atoms with Crippen molar-refractivity contribution in [2.75, 3.05) is 0 Å². The monoisotopic (exact) mass is 370 g/mol. The Morgan fingerprint density at radius 2 is 2.08 bits per heavy atom. The summed E-state index contributed by atoms with van der Waals surface area (Å²) >= 11 is 6.06. The van der Waals surface area contributed by atoms with Crippen LogP contribution in [0.4, 0.5) is 0 Å². The molecule has 2 aromatic rings. The Morgan fingerprint density at radius 1 is 1.27 bits per heavy atom. The number of carbonyl (C=O) groups is 1. The highest BCUT2D eigenvalue weighted by molar-refractivity contribution is 6.30. The van der Waals surface area contributed by atoms with E-state index in [1.807, 2.05) is 31.2 Å². The summed E-state index contributed by atoms with van der Waals surface area (Å²) in [5.41, 5.74) is 5.82. The lowest BCUT2D eigenvalue weighted by Crippen LogP contribution is -2.22. The predicted octanol–water partition coefficient (Wildman–Crippen LogP) is 5.33. The largest absolute Gasteiger partial charge is 0.489 e. The van der Waals surface area contributed by atoms with Crippen LogP contribution in [-0.2, 0) is 22.6 Å². The molecule has 1 saturated heterocycles. The van der Waals surface area contributed by atoms with Gasteiger partial charge in [-0.2, -0.15) is 0 Å². The van der Waals surface area contributed by atoms with Crippen LogP contribution in [0.25, 0.3) is 0 Å². The fourth-order valence-corrected chi connectivity index (χ4v) is 4.57. The number of fused-ring (bicyclic) bond motifs is 3. The molecule has 0 bridgehead atoms. The molecule has 0 radical (unpaired) electrons. The Bertz CT molecular complexity index is 874. The van der Waals surface area contributed by atoms with Crippen molar-refractivity contribution < 1.29 is 14.3 Å². The lowest BCUT2D eigenvalue weighted by molar-refractivity contribution is -0.144. The van der Waals surface area contributed by atoms with Gasteiger partial charge in [0, 0.05) is 16.5 Å². The molecule has 0 N–H and O–H groups in total. The summed E-state index contributed by atoms with van der Waals surface area (Å²) in [7, 11) is 0. The smallest absolute Gasteiger partial charge is 0.309 e. The average Bonchev–Trinajstić information content (AvgIpc) is 2.91.